The van der Waals surface area contributed by atoms with Crippen molar-refractivity contribution in [3.63, 3.8) is 0 Å². The van der Waals surface area contributed by atoms with Gasteiger partial charge >= 0.3 is 5.97 Å². The molecule has 0 radical (unpaired) electrons. The molecule has 1 aliphatic heterocycles. The SMILES string of the molecule is Cc1cc(C(=O)N2[C@@H]3CCCC[C@H]3C[C@H]2C(=O)O)cc(S(N)(=O)=O)c1C. The molecule has 3 N–H and O–H groups in total. The highest BCUT2D eigenvalue weighted by molar-refractivity contribution is 7.89. The number of aryl methyl sites for hydroxylation is 1. The highest BCUT2D eigenvalue weighted by atomic mass is 32.2. The Balaban J connectivity index is 2.05. The van der Waals surface area contributed by atoms with Gasteiger partial charge in [0.1, 0.15) is 6.04 Å². The van der Waals surface area contributed by atoms with Gasteiger partial charge in [0.15, 0.2) is 0 Å². The van der Waals surface area contributed by atoms with E-state index in [9.17, 15) is 23.1 Å². The molecule has 1 saturated carbocycles. The lowest BCUT2D eigenvalue weighted by Gasteiger charge is -2.33. The molecule has 1 aromatic rings. The van der Waals surface area contributed by atoms with Crippen molar-refractivity contribution in [1.29, 1.82) is 0 Å². The minimum atomic E-state index is -3.98. The molecule has 0 aromatic heterocycles. The van der Waals surface area contributed by atoms with Crippen LogP contribution in [-0.2, 0) is 14.8 Å². The Morgan fingerprint density at radius 1 is 1.19 bits per heavy atom. The van der Waals surface area contributed by atoms with E-state index in [-0.39, 0.29) is 22.4 Å². The Morgan fingerprint density at radius 3 is 2.46 bits per heavy atom. The number of likely N-dealkylation sites (tertiary alicyclic amines) is 1. The van der Waals surface area contributed by atoms with E-state index in [0.717, 1.165) is 25.7 Å². The number of carbonyl (C=O) groups excluding carboxylic acids is 1. The fourth-order valence-corrected chi connectivity index (χ4v) is 5.25. The van der Waals surface area contributed by atoms with Gasteiger partial charge in [0.25, 0.3) is 5.91 Å². The highest BCUT2D eigenvalue weighted by Gasteiger charge is 2.47. The van der Waals surface area contributed by atoms with E-state index in [2.05, 4.69) is 0 Å². The third-order valence-corrected chi connectivity index (χ3v) is 6.82. The lowest BCUT2D eigenvalue weighted by Crippen LogP contribution is -2.46. The van der Waals surface area contributed by atoms with Crippen molar-refractivity contribution in [1.82, 2.24) is 4.90 Å². The molecule has 2 aliphatic rings. The number of benzene rings is 1. The van der Waals surface area contributed by atoms with Crippen LogP contribution >= 0.6 is 0 Å². The summed E-state index contributed by atoms with van der Waals surface area (Å²) in [6.45, 7) is 3.35. The van der Waals surface area contributed by atoms with Crippen LogP contribution in [0, 0.1) is 19.8 Å². The number of sulfonamides is 1. The van der Waals surface area contributed by atoms with Gasteiger partial charge in [0.05, 0.1) is 4.90 Å². The summed E-state index contributed by atoms with van der Waals surface area (Å²) < 4.78 is 23.7. The summed E-state index contributed by atoms with van der Waals surface area (Å²) in [4.78, 5) is 26.3. The van der Waals surface area contributed by atoms with Gasteiger partial charge in [-0.3, -0.25) is 4.79 Å². The van der Waals surface area contributed by atoms with Gasteiger partial charge in [-0.1, -0.05) is 12.8 Å². The minimum absolute atomic E-state index is 0.0906. The first kappa shape index (κ1) is 18.8. The first-order valence-electron chi connectivity index (χ1n) is 8.80. The summed E-state index contributed by atoms with van der Waals surface area (Å²) in [5, 5.41) is 14.9. The molecule has 1 heterocycles. The van der Waals surface area contributed by atoms with E-state index in [1.54, 1.807) is 19.9 Å². The van der Waals surface area contributed by atoms with Crippen molar-refractivity contribution >= 4 is 21.9 Å². The van der Waals surface area contributed by atoms with E-state index >= 15 is 0 Å². The topological polar surface area (TPSA) is 118 Å². The Hall–Kier alpha value is -1.93. The summed E-state index contributed by atoms with van der Waals surface area (Å²) in [7, 11) is -3.98. The fourth-order valence-electron chi connectivity index (χ4n) is 4.37. The number of amides is 1. The minimum Gasteiger partial charge on any atom is -0.480 e. The maximum absolute atomic E-state index is 13.2. The molecule has 26 heavy (non-hydrogen) atoms. The van der Waals surface area contributed by atoms with Gasteiger partial charge < -0.3 is 10.0 Å². The quantitative estimate of drug-likeness (QED) is 0.829. The summed E-state index contributed by atoms with van der Waals surface area (Å²) in [6, 6.07) is 1.92. The van der Waals surface area contributed by atoms with Crippen molar-refractivity contribution in [2.24, 2.45) is 11.1 Å². The van der Waals surface area contributed by atoms with Crippen LogP contribution < -0.4 is 5.14 Å². The van der Waals surface area contributed by atoms with Gasteiger partial charge in [-0.25, -0.2) is 18.4 Å². The number of fused-ring (bicyclic) bond motifs is 1. The molecule has 2 fully saturated rings. The zero-order valence-electron chi connectivity index (χ0n) is 14.9. The van der Waals surface area contributed by atoms with Gasteiger partial charge in [-0.05, 0) is 62.3 Å². The molecule has 0 spiro atoms. The monoisotopic (exact) mass is 380 g/mol. The van der Waals surface area contributed by atoms with E-state index in [0.29, 0.717) is 17.5 Å². The number of hydrogen-bond acceptors (Lipinski definition) is 4. The zero-order chi connectivity index (χ0) is 19.2. The zero-order valence-corrected chi connectivity index (χ0v) is 15.8. The van der Waals surface area contributed by atoms with E-state index in [1.165, 1.54) is 11.0 Å². The number of nitrogens with two attached hydrogens (primary N) is 1. The van der Waals surface area contributed by atoms with Crippen LogP contribution in [0.5, 0.6) is 0 Å². The van der Waals surface area contributed by atoms with E-state index in [4.69, 9.17) is 5.14 Å². The van der Waals surface area contributed by atoms with Crippen molar-refractivity contribution in [2.45, 2.75) is 62.9 Å². The Morgan fingerprint density at radius 2 is 1.85 bits per heavy atom. The molecule has 0 unspecified atom stereocenters. The van der Waals surface area contributed by atoms with E-state index < -0.39 is 27.9 Å². The molecule has 0 bridgehead atoms. The number of carboxylic acids is 1. The smallest absolute Gasteiger partial charge is 0.326 e. The van der Waals surface area contributed by atoms with Crippen molar-refractivity contribution < 1.29 is 23.1 Å². The van der Waals surface area contributed by atoms with Gasteiger partial charge in [0, 0.05) is 11.6 Å². The van der Waals surface area contributed by atoms with Crippen LogP contribution in [0.1, 0.15) is 53.6 Å². The summed E-state index contributed by atoms with van der Waals surface area (Å²) in [5.74, 6) is -1.25. The van der Waals surface area contributed by atoms with Gasteiger partial charge in [-0.15, -0.1) is 0 Å². The van der Waals surface area contributed by atoms with Crippen LogP contribution in [0.3, 0.4) is 0 Å². The molecule has 142 valence electrons. The van der Waals surface area contributed by atoms with Gasteiger partial charge in [-0.2, -0.15) is 0 Å². The second-order valence-electron chi connectivity index (χ2n) is 7.38. The fraction of sp³-hybridized carbons (Fsp3) is 0.556. The summed E-state index contributed by atoms with van der Waals surface area (Å²) >= 11 is 0. The average molecular weight is 380 g/mol. The Bertz CT molecular complexity index is 865. The number of aliphatic carboxylic acids is 1. The van der Waals surface area contributed by atoms with Crippen LogP contribution in [0.25, 0.3) is 0 Å². The summed E-state index contributed by atoms with van der Waals surface area (Å²) in [6.07, 6.45) is 4.18. The molecule has 7 nitrogen and oxygen atoms in total. The predicted molar refractivity (Wildman–Crippen MR) is 95.2 cm³/mol. The molecule has 1 aliphatic carbocycles. The summed E-state index contributed by atoms with van der Waals surface area (Å²) in [5.41, 5.74) is 1.30. The lowest BCUT2D eigenvalue weighted by molar-refractivity contribution is -0.141. The third kappa shape index (κ3) is 3.23. The molecule has 3 atom stereocenters. The normalized spacial score (nSPS) is 25.8. The predicted octanol–water partition coefficient (Wildman–Crippen LogP) is 1.81. The first-order chi connectivity index (χ1) is 12.1. The molecule has 3 rings (SSSR count). The second-order valence-corrected chi connectivity index (χ2v) is 8.91. The average Bonchev–Trinajstić information content (AvgIpc) is 2.95. The first-order valence-corrected chi connectivity index (χ1v) is 10.4. The molecule has 1 saturated heterocycles. The maximum atomic E-state index is 13.2. The molecular weight excluding hydrogens is 356 g/mol. The van der Waals surface area contributed by atoms with Gasteiger partial charge in [0.2, 0.25) is 10.0 Å². The molecule has 1 aromatic carbocycles. The maximum Gasteiger partial charge on any atom is 0.326 e. The Labute approximate surface area is 153 Å². The van der Waals surface area contributed by atoms with Crippen LogP contribution in [-0.4, -0.2) is 42.4 Å². The lowest BCUT2D eigenvalue weighted by atomic mass is 9.84. The number of primary sulfonamides is 1. The molecule has 1 amide bonds. The molecular formula is C18H24N2O5S. The Kier molecular flexibility index (Phi) is 4.83. The number of carboxylic acid groups (broad SMARTS) is 1. The van der Waals surface area contributed by atoms with Crippen LogP contribution in [0.4, 0.5) is 0 Å². The highest BCUT2D eigenvalue weighted by Crippen LogP contribution is 2.40. The molecule has 8 heteroatoms. The number of rotatable bonds is 3. The van der Waals surface area contributed by atoms with Crippen molar-refractivity contribution in [3.8, 4) is 0 Å². The number of hydrogen-bond donors (Lipinski definition) is 2. The third-order valence-electron chi connectivity index (χ3n) is 5.78. The standard InChI is InChI=1S/C18H24N2O5S/c1-10-7-13(9-16(11(10)2)26(19,24)25)17(21)20-14-6-4-3-5-12(14)8-15(20)18(22)23/h7,9,12,14-15H,3-6,8H2,1-2H3,(H,22,23)(H2,19,24,25)/t12-,14+,15-/m0/s1. The number of nitrogens with zero attached hydrogens (tertiary/aromatic N) is 1. The van der Waals surface area contributed by atoms with Crippen LogP contribution in [0.2, 0.25) is 0 Å². The van der Waals surface area contributed by atoms with E-state index in [1.807, 2.05) is 0 Å². The second kappa shape index (κ2) is 6.66. The van der Waals surface area contributed by atoms with Crippen molar-refractivity contribution in [2.75, 3.05) is 0 Å². The largest absolute Gasteiger partial charge is 0.480 e. The van der Waals surface area contributed by atoms with Crippen LogP contribution in [0.15, 0.2) is 17.0 Å². The number of carbonyl (C=O) groups is 2. The van der Waals surface area contributed by atoms with Crippen molar-refractivity contribution in [3.05, 3.63) is 28.8 Å².